The molecule has 0 bridgehead atoms. The normalized spacial score (nSPS) is 10.8. The summed E-state index contributed by atoms with van der Waals surface area (Å²) in [5.41, 5.74) is -0.745. The predicted molar refractivity (Wildman–Crippen MR) is 67.9 cm³/mol. The zero-order chi connectivity index (χ0) is 13.9. The van der Waals surface area contributed by atoms with E-state index in [1.165, 1.54) is 0 Å². The molecule has 18 heavy (non-hydrogen) atoms. The SMILES string of the molecule is CCSB(SCC)c1c(F)c(F)c(F)c(F)c1F. The molecule has 0 atom stereocenters. The van der Waals surface area contributed by atoms with Crippen molar-refractivity contribution in [2.24, 2.45) is 0 Å². The minimum Gasteiger partial charge on any atom is -0.204 e. The van der Waals surface area contributed by atoms with Crippen LogP contribution in [0.4, 0.5) is 22.0 Å². The highest BCUT2D eigenvalue weighted by molar-refractivity contribution is 8.55. The number of benzene rings is 1. The van der Waals surface area contributed by atoms with Gasteiger partial charge in [-0.1, -0.05) is 13.8 Å². The summed E-state index contributed by atoms with van der Waals surface area (Å²) in [7, 11) is 0. The molecule has 100 valence electrons. The maximum absolute atomic E-state index is 13.6. The molecule has 1 aromatic carbocycles. The molecule has 0 aromatic heterocycles. The van der Waals surface area contributed by atoms with E-state index < -0.39 is 39.8 Å². The van der Waals surface area contributed by atoms with Gasteiger partial charge in [-0.2, -0.15) is 23.2 Å². The Morgan fingerprint density at radius 3 is 1.39 bits per heavy atom. The van der Waals surface area contributed by atoms with Crippen LogP contribution in [0.15, 0.2) is 0 Å². The largest absolute Gasteiger partial charge is 0.314 e. The lowest BCUT2D eigenvalue weighted by molar-refractivity contribution is 0.384. The number of halogens is 5. The molecule has 0 aliphatic rings. The van der Waals surface area contributed by atoms with E-state index in [0.29, 0.717) is 11.5 Å². The van der Waals surface area contributed by atoms with Crippen LogP contribution < -0.4 is 5.46 Å². The van der Waals surface area contributed by atoms with Crippen molar-refractivity contribution in [2.75, 3.05) is 11.5 Å². The molecule has 8 heteroatoms. The van der Waals surface area contributed by atoms with Crippen LogP contribution in [0.3, 0.4) is 0 Å². The van der Waals surface area contributed by atoms with Gasteiger partial charge in [0.05, 0.1) is 0 Å². The second-order valence-electron chi connectivity index (χ2n) is 3.23. The number of hydrogen-bond acceptors (Lipinski definition) is 2. The quantitative estimate of drug-likeness (QED) is 0.353. The minimum atomic E-state index is -2.12. The molecule has 0 saturated heterocycles. The second-order valence-corrected chi connectivity index (χ2v) is 6.29. The van der Waals surface area contributed by atoms with Gasteiger partial charge in [0.2, 0.25) is 0 Å². The van der Waals surface area contributed by atoms with Crippen molar-refractivity contribution >= 4 is 34.0 Å². The first-order valence-electron chi connectivity index (χ1n) is 5.20. The molecule has 1 rings (SSSR count). The zero-order valence-corrected chi connectivity index (χ0v) is 11.3. The van der Waals surface area contributed by atoms with Gasteiger partial charge in [-0.25, -0.2) is 22.0 Å². The van der Waals surface area contributed by atoms with Crippen LogP contribution in [0.5, 0.6) is 0 Å². The summed E-state index contributed by atoms with van der Waals surface area (Å²) in [4.78, 5) is 0. The first-order chi connectivity index (χ1) is 8.45. The van der Waals surface area contributed by atoms with Crippen molar-refractivity contribution in [1.82, 2.24) is 0 Å². The molecule has 0 heterocycles. The average Bonchev–Trinajstić information content (AvgIpc) is 2.35. The van der Waals surface area contributed by atoms with Gasteiger partial charge in [0.1, 0.15) is 0 Å². The fourth-order valence-corrected chi connectivity index (χ4v) is 3.90. The molecule has 0 fully saturated rings. The summed E-state index contributed by atoms with van der Waals surface area (Å²) in [6.45, 7) is 3.50. The van der Waals surface area contributed by atoms with Crippen molar-refractivity contribution in [2.45, 2.75) is 13.8 Å². The molecular weight excluding hydrogens is 290 g/mol. The van der Waals surface area contributed by atoms with Crippen molar-refractivity contribution in [3.05, 3.63) is 29.1 Å². The highest BCUT2D eigenvalue weighted by Crippen LogP contribution is 2.24. The van der Waals surface area contributed by atoms with E-state index in [1.54, 1.807) is 13.8 Å². The molecular formula is C10H10BF5S2. The van der Waals surface area contributed by atoms with Crippen LogP contribution in [0.25, 0.3) is 0 Å². The first kappa shape index (κ1) is 15.7. The van der Waals surface area contributed by atoms with E-state index in [4.69, 9.17) is 0 Å². The summed E-state index contributed by atoms with van der Waals surface area (Å²) in [5, 5.41) is -0.801. The van der Waals surface area contributed by atoms with Gasteiger partial charge in [-0.15, -0.1) is 0 Å². The van der Waals surface area contributed by atoms with Crippen LogP contribution in [-0.4, -0.2) is 16.8 Å². The van der Waals surface area contributed by atoms with Gasteiger partial charge >= 0.3 is 5.27 Å². The molecule has 0 aliphatic carbocycles. The summed E-state index contributed by atoms with van der Waals surface area (Å²) >= 11 is 2.27. The first-order valence-corrected chi connectivity index (χ1v) is 7.29. The topological polar surface area (TPSA) is 0 Å². The third-order valence-electron chi connectivity index (χ3n) is 2.12. The standard InChI is InChI=1S/C10H10BF5S2/c1-3-17-11(18-4-2)5-6(12)8(14)10(16)9(15)7(5)13/h3-4H2,1-2H3. The summed E-state index contributed by atoms with van der Waals surface area (Å²) < 4.78 is 66.1. The highest BCUT2D eigenvalue weighted by Gasteiger charge is 2.32. The van der Waals surface area contributed by atoms with Crippen molar-refractivity contribution < 1.29 is 22.0 Å². The molecule has 0 spiro atoms. The molecule has 0 aliphatic heterocycles. The van der Waals surface area contributed by atoms with E-state index in [-0.39, 0.29) is 0 Å². The Labute approximate surface area is 111 Å². The van der Waals surface area contributed by atoms with Crippen LogP contribution >= 0.6 is 23.2 Å². The Kier molecular flexibility index (Phi) is 5.84. The molecule has 0 saturated carbocycles. The zero-order valence-electron chi connectivity index (χ0n) is 9.70. The lowest BCUT2D eigenvalue weighted by Gasteiger charge is -2.14. The van der Waals surface area contributed by atoms with Gasteiger partial charge in [0.25, 0.3) is 0 Å². The fraction of sp³-hybridized carbons (Fsp3) is 0.400. The van der Waals surface area contributed by atoms with Crippen molar-refractivity contribution in [3.63, 3.8) is 0 Å². The second kappa shape index (κ2) is 6.70. The third kappa shape index (κ3) is 2.96. The van der Waals surface area contributed by atoms with E-state index in [1.807, 2.05) is 0 Å². The fourth-order valence-electron chi connectivity index (χ4n) is 1.35. The number of hydrogen-bond donors (Lipinski definition) is 0. The maximum Gasteiger partial charge on any atom is 0.314 e. The Hall–Kier alpha value is -0.365. The highest BCUT2D eigenvalue weighted by atomic mass is 32.2. The van der Waals surface area contributed by atoms with Crippen LogP contribution in [0.1, 0.15) is 13.8 Å². The van der Waals surface area contributed by atoms with Gasteiger partial charge < -0.3 is 0 Å². The van der Waals surface area contributed by atoms with E-state index >= 15 is 0 Å². The summed E-state index contributed by atoms with van der Waals surface area (Å²) in [5.74, 6) is -8.34. The Morgan fingerprint density at radius 2 is 1.06 bits per heavy atom. The Morgan fingerprint density at radius 1 is 0.722 bits per heavy atom. The predicted octanol–water partition coefficient (Wildman–Crippen LogP) is 3.58. The van der Waals surface area contributed by atoms with Crippen LogP contribution in [-0.2, 0) is 0 Å². The molecule has 1 aromatic rings. The smallest absolute Gasteiger partial charge is 0.204 e. The summed E-state index contributed by atoms with van der Waals surface area (Å²) in [6.07, 6.45) is 0. The molecule has 0 radical (unpaired) electrons. The lowest BCUT2D eigenvalue weighted by Crippen LogP contribution is -2.34. The average molecular weight is 300 g/mol. The monoisotopic (exact) mass is 300 g/mol. The minimum absolute atomic E-state index is 0.511. The van der Waals surface area contributed by atoms with Crippen LogP contribution in [0.2, 0.25) is 0 Å². The van der Waals surface area contributed by atoms with Gasteiger partial charge in [0, 0.05) is 5.46 Å². The maximum atomic E-state index is 13.6. The summed E-state index contributed by atoms with van der Waals surface area (Å²) in [6, 6.07) is 0. The number of rotatable bonds is 5. The molecule has 0 unspecified atom stereocenters. The van der Waals surface area contributed by atoms with E-state index in [0.717, 1.165) is 23.2 Å². The van der Waals surface area contributed by atoms with E-state index in [2.05, 4.69) is 0 Å². The van der Waals surface area contributed by atoms with Crippen LogP contribution in [0, 0.1) is 29.1 Å². The van der Waals surface area contributed by atoms with Gasteiger partial charge in [0.15, 0.2) is 29.1 Å². The molecule has 0 amide bonds. The Balaban J connectivity index is 3.37. The Bertz CT molecular complexity index is 406. The third-order valence-corrected chi connectivity index (χ3v) is 4.68. The molecule has 0 nitrogen and oxygen atoms in total. The van der Waals surface area contributed by atoms with Crippen molar-refractivity contribution in [1.29, 1.82) is 0 Å². The van der Waals surface area contributed by atoms with E-state index in [9.17, 15) is 22.0 Å². The van der Waals surface area contributed by atoms with Gasteiger partial charge in [-0.3, -0.25) is 0 Å². The van der Waals surface area contributed by atoms with Crippen molar-refractivity contribution in [3.8, 4) is 0 Å². The molecule has 0 N–H and O–H groups in total. The van der Waals surface area contributed by atoms with Gasteiger partial charge in [-0.05, 0) is 11.5 Å². The lowest BCUT2D eigenvalue weighted by atomic mass is 9.90.